The minimum atomic E-state index is 0. The molecule has 0 nitrogen and oxygen atoms in total. The Morgan fingerprint density at radius 3 is 1.25 bits per heavy atom. The van der Waals surface area contributed by atoms with Crippen molar-refractivity contribution < 1.29 is 49.0 Å². The third kappa shape index (κ3) is 9.17. The van der Waals surface area contributed by atoms with Crippen LogP contribution in [0.15, 0.2) is 206 Å². The largest absolute Gasteiger partial charge is 0.126 e. The summed E-state index contributed by atoms with van der Waals surface area (Å²) in [6.07, 6.45) is 4.47. The molecule has 0 fully saturated rings. The second-order valence-electron chi connectivity index (χ2n) is 12.1. The molecule has 0 radical (unpaired) electrons. The van der Waals surface area contributed by atoms with Crippen molar-refractivity contribution in [2.24, 2.45) is 0 Å². The smallest absolute Gasteiger partial charge is 0.0771 e. The number of allylic oxidation sites excluding steroid dienone is 4. The van der Waals surface area contributed by atoms with Crippen molar-refractivity contribution in [3.8, 4) is 0 Å². The molecule has 52 heavy (non-hydrogen) atoms. The van der Waals surface area contributed by atoms with Gasteiger partial charge in [-0.05, 0) is 5.56 Å². The minimum absolute atomic E-state index is 0. The van der Waals surface area contributed by atoms with E-state index in [9.17, 15) is 0 Å². The Morgan fingerprint density at radius 1 is 0.423 bits per heavy atom. The van der Waals surface area contributed by atoms with Crippen LogP contribution in [-0.4, -0.2) is 3.21 Å². The van der Waals surface area contributed by atoms with E-state index in [1.54, 1.807) is 0 Å². The molecule has 0 unspecified atom stereocenters. The van der Waals surface area contributed by atoms with Crippen molar-refractivity contribution in [3.63, 3.8) is 0 Å². The van der Waals surface area contributed by atoms with Crippen molar-refractivity contribution in [2.45, 2.75) is 6.42 Å². The van der Waals surface area contributed by atoms with Crippen LogP contribution < -0.4 is 24.8 Å². The molecule has 3 heteroatoms. The fourth-order valence-corrected chi connectivity index (χ4v) is 7.26. The number of hydrogen-bond donors (Lipinski definition) is 0. The van der Waals surface area contributed by atoms with Crippen LogP contribution in [0.2, 0.25) is 0 Å². The van der Waals surface area contributed by atoms with Gasteiger partial charge in [0.2, 0.25) is 0 Å². The van der Waals surface area contributed by atoms with E-state index >= 15 is 0 Å². The van der Waals surface area contributed by atoms with Crippen molar-refractivity contribution >= 4 is 41.5 Å². The zero-order chi connectivity index (χ0) is 34.0. The Labute approximate surface area is 334 Å². The Morgan fingerprint density at radius 2 is 0.788 bits per heavy atom. The molecule has 8 aromatic rings. The fourth-order valence-electron chi connectivity index (χ4n) is 6.44. The van der Waals surface area contributed by atoms with E-state index in [0.717, 1.165) is 6.42 Å². The first kappa shape index (κ1) is 38.5. The summed E-state index contributed by atoms with van der Waals surface area (Å²) in [5.74, 6) is 0. The average molecular weight is 787 g/mol. The van der Waals surface area contributed by atoms with E-state index in [-0.39, 0.29) is 24.8 Å². The number of hydrogen-bond acceptors (Lipinski definition) is 0. The number of fused-ring (bicyclic) bond motifs is 3. The summed E-state index contributed by atoms with van der Waals surface area (Å²) >= 11 is 1.46. The standard InChI is InChI=1S/C23H17.C13H9.C13H10.2ClH.Zr/c1-4-10-18(11-5-1)21-16-17-22(19-12-6-2-7-13-19)23(21)20-14-8-3-9-15-20;1-3-7-12-10(5-1)9-11-6-2-4-8-13(11)12;1-3-7-12(8-4-1)11-13-9-5-2-6-10-13;;;/h1-15H,16H2;1-9H;1-10H;2*1H;/q2*-1;;;;+2/p-2. The van der Waals surface area contributed by atoms with Gasteiger partial charge in [0, 0.05) is 0 Å². The predicted octanol–water partition coefficient (Wildman–Crippen LogP) is 6.41. The van der Waals surface area contributed by atoms with Crippen molar-refractivity contribution in [2.75, 3.05) is 0 Å². The molecule has 0 aromatic heterocycles. The van der Waals surface area contributed by atoms with Gasteiger partial charge in [0.05, 0.1) is 0 Å². The van der Waals surface area contributed by atoms with E-state index in [2.05, 4.69) is 212 Å². The van der Waals surface area contributed by atoms with E-state index < -0.39 is 0 Å². The normalized spacial score (nSPS) is 11.6. The second-order valence-corrected chi connectivity index (χ2v) is 13.3. The summed E-state index contributed by atoms with van der Waals surface area (Å²) in [6, 6.07) is 72.2. The van der Waals surface area contributed by atoms with Crippen molar-refractivity contribution in [3.05, 3.63) is 240 Å². The third-order valence-electron chi connectivity index (χ3n) is 8.89. The molecule has 0 N–H and O–H groups in total. The zero-order valence-corrected chi connectivity index (χ0v) is 32.6. The number of halogens is 2. The van der Waals surface area contributed by atoms with Crippen LogP contribution >= 0.6 is 0 Å². The summed E-state index contributed by atoms with van der Waals surface area (Å²) in [7, 11) is 0. The SMILES string of the molecule is [C-]1=C(c2ccccc2)C(c2ccccc2)=C(c2ccccc2)C1.[Cl-].[Cl-].[Zr+2]=[C](c1ccccc1)c1ccccc1.c1ccc2c(c1)[cH-]c1ccccc12. The molecule has 1 aliphatic rings. The summed E-state index contributed by atoms with van der Waals surface area (Å²) < 4.78 is 1.42. The first-order chi connectivity index (χ1) is 24.8. The van der Waals surface area contributed by atoms with Crippen LogP contribution in [0.25, 0.3) is 38.3 Å². The summed E-state index contributed by atoms with van der Waals surface area (Å²) in [5, 5.41) is 5.39. The molecule has 0 amide bonds. The van der Waals surface area contributed by atoms with Crippen molar-refractivity contribution in [1.82, 2.24) is 0 Å². The molecule has 0 saturated heterocycles. The molecule has 0 spiro atoms. The second kappa shape index (κ2) is 19.2. The molecule has 252 valence electrons. The molecule has 0 heterocycles. The summed E-state index contributed by atoms with van der Waals surface area (Å²) in [6.45, 7) is 0. The van der Waals surface area contributed by atoms with Gasteiger partial charge < -0.3 is 24.8 Å². The topological polar surface area (TPSA) is 0 Å². The molecular formula is C49H36Cl2Zr-2. The Balaban J connectivity index is 0.000000156. The van der Waals surface area contributed by atoms with Gasteiger partial charge >= 0.3 is 99.2 Å². The molecule has 0 aliphatic heterocycles. The predicted molar refractivity (Wildman–Crippen MR) is 211 cm³/mol. The van der Waals surface area contributed by atoms with Gasteiger partial charge in [-0.25, -0.2) is 0 Å². The molecule has 0 bridgehead atoms. The van der Waals surface area contributed by atoms with Crippen LogP contribution in [0.4, 0.5) is 0 Å². The molecule has 0 saturated carbocycles. The third-order valence-corrected chi connectivity index (χ3v) is 10.3. The van der Waals surface area contributed by atoms with Gasteiger partial charge in [-0.15, -0.1) is 63.0 Å². The molecule has 1 aliphatic carbocycles. The van der Waals surface area contributed by atoms with Gasteiger partial charge in [0.25, 0.3) is 0 Å². The first-order valence-electron chi connectivity index (χ1n) is 17.0. The first-order valence-corrected chi connectivity index (χ1v) is 18.2. The maximum atomic E-state index is 3.61. The van der Waals surface area contributed by atoms with Gasteiger partial charge in [0.1, 0.15) is 0 Å². The minimum Gasteiger partial charge on any atom is -0.126 e. The quantitative estimate of drug-likeness (QED) is 0.177. The Bertz CT molecular complexity index is 2280. The van der Waals surface area contributed by atoms with E-state index in [1.165, 1.54) is 93.5 Å². The van der Waals surface area contributed by atoms with Gasteiger partial charge in [-0.2, -0.15) is 11.6 Å². The van der Waals surface area contributed by atoms with Crippen LogP contribution in [-0.2, 0) is 24.2 Å². The Kier molecular flexibility index (Phi) is 14.2. The zero-order valence-electron chi connectivity index (χ0n) is 28.6. The van der Waals surface area contributed by atoms with E-state index in [1.807, 2.05) is 0 Å². The summed E-state index contributed by atoms with van der Waals surface area (Å²) in [4.78, 5) is 0. The van der Waals surface area contributed by atoms with Gasteiger partial charge in [-0.1, -0.05) is 133 Å². The number of rotatable bonds is 5. The Hall–Kier alpha value is -4.78. The molecular weight excluding hydrogens is 751 g/mol. The number of benzene rings is 7. The maximum absolute atomic E-state index is 3.61. The summed E-state index contributed by atoms with van der Waals surface area (Å²) in [5.41, 5.74) is 10.3. The average Bonchev–Trinajstić information content (AvgIpc) is 3.83. The molecule has 8 aromatic carbocycles. The van der Waals surface area contributed by atoms with Crippen molar-refractivity contribution in [1.29, 1.82) is 0 Å². The van der Waals surface area contributed by atoms with E-state index in [0.29, 0.717) is 0 Å². The fraction of sp³-hybridized carbons (Fsp3) is 0.0204. The molecule has 9 rings (SSSR count). The van der Waals surface area contributed by atoms with Gasteiger partial charge in [0.15, 0.2) is 0 Å². The molecule has 0 atom stereocenters. The van der Waals surface area contributed by atoms with Crippen LogP contribution in [0.5, 0.6) is 0 Å². The van der Waals surface area contributed by atoms with Gasteiger partial charge in [-0.3, -0.25) is 0 Å². The van der Waals surface area contributed by atoms with Crippen LogP contribution in [0.1, 0.15) is 34.2 Å². The van der Waals surface area contributed by atoms with Crippen LogP contribution in [0, 0.1) is 6.08 Å². The maximum Gasteiger partial charge on any atom is -0.0771 e. The monoisotopic (exact) mass is 784 g/mol. The van der Waals surface area contributed by atoms with E-state index in [4.69, 9.17) is 0 Å². The van der Waals surface area contributed by atoms with Crippen LogP contribution in [0.3, 0.4) is 0 Å².